The first-order valence-corrected chi connectivity index (χ1v) is 5.85. The van der Waals surface area contributed by atoms with E-state index >= 15 is 0 Å². The van der Waals surface area contributed by atoms with Crippen molar-refractivity contribution in [3.8, 4) is 6.07 Å². The van der Waals surface area contributed by atoms with E-state index in [2.05, 4.69) is 26.3 Å². The van der Waals surface area contributed by atoms with Gasteiger partial charge in [-0.1, -0.05) is 6.07 Å². The Morgan fingerprint density at radius 1 is 1.32 bits per heavy atom. The molecule has 0 spiro atoms. The lowest BCUT2D eigenvalue weighted by atomic mass is 10.2. The van der Waals surface area contributed by atoms with Gasteiger partial charge < -0.3 is 10.2 Å². The molecule has 2 rings (SSSR count). The maximum absolute atomic E-state index is 8.90. The number of nitrogens with zero attached hydrogens (tertiary/aromatic N) is 5. The molecule has 0 fully saturated rings. The van der Waals surface area contributed by atoms with Crippen LogP contribution in [0, 0.1) is 11.3 Å². The van der Waals surface area contributed by atoms with Crippen LogP contribution in [0.1, 0.15) is 5.56 Å². The third-order valence-corrected chi connectivity index (χ3v) is 2.65. The molecule has 0 radical (unpaired) electrons. The third kappa shape index (κ3) is 2.89. The number of anilines is 3. The minimum atomic E-state index is 0.109. The molecule has 0 saturated heterocycles. The van der Waals surface area contributed by atoms with Gasteiger partial charge in [-0.25, -0.2) is 0 Å². The summed E-state index contributed by atoms with van der Waals surface area (Å²) in [5.41, 5.74) is 1.36. The molecular weight excluding hydrogens is 264 g/mol. The van der Waals surface area contributed by atoms with E-state index in [0.29, 0.717) is 17.5 Å². The fourth-order valence-corrected chi connectivity index (χ4v) is 1.66. The Labute approximate surface area is 115 Å². The van der Waals surface area contributed by atoms with Crippen LogP contribution < -0.4 is 10.2 Å². The molecule has 0 aliphatic heterocycles. The van der Waals surface area contributed by atoms with E-state index in [9.17, 15) is 0 Å². The van der Waals surface area contributed by atoms with Gasteiger partial charge in [0.15, 0.2) is 0 Å². The van der Waals surface area contributed by atoms with E-state index in [1.165, 1.54) is 0 Å². The smallest absolute Gasteiger partial charge is 0.235 e. The van der Waals surface area contributed by atoms with Crippen molar-refractivity contribution in [3.63, 3.8) is 0 Å². The van der Waals surface area contributed by atoms with Gasteiger partial charge in [0, 0.05) is 19.8 Å². The molecule has 0 saturated carbocycles. The van der Waals surface area contributed by atoms with Gasteiger partial charge in [0.05, 0.1) is 11.6 Å². The van der Waals surface area contributed by atoms with Gasteiger partial charge >= 0.3 is 0 Å². The van der Waals surface area contributed by atoms with Crippen molar-refractivity contribution < 1.29 is 0 Å². The Morgan fingerprint density at radius 2 is 2.11 bits per heavy atom. The molecule has 0 amide bonds. The number of rotatable bonds is 3. The normalized spacial score (nSPS) is 9.79. The second kappa shape index (κ2) is 5.50. The first-order valence-electron chi connectivity index (χ1n) is 5.47. The highest BCUT2D eigenvalue weighted by atomic mass is 35.5. The average molecular weight is 275 g/mol. The van der Waals surface area contributed by atoms with Crippen molar-refractivity contribution in [2.24, 2.45) is 0 Å². The SMILES string of the molecule is CNc1nc(Cl)nc(N(C)c2cccc(C#N)c2)n1. The average Bonchev–Trinajstić information content (AvgIpc) is 2.45. The Kier molecular flexibility index (Phi) is 3.78. The van der Waals surface area contributed by atoms with Crippen molar-refractivity contribution in [2.75, 3.05) is 24.3 Å². The van der Waals surface area contributed by atoms with Crippen LogP contribution >= 0.6 is 11.6 Å². The van der Waals surface area contributed by atoms with Gasteiger partial charge in [0.1, 0.15) is 0 Å². The van der Waals surface area contributed by atoms with E-state index in [0.717, 1.165) is 5.69 Å². The van der Waals surface area contributed by atoms with E-state index in [4.69, 9.17) is 16.9 Å². The molecule has 0 atom stereocenters. The minimum absolute atomic E-state index is 0.109. The first kappa shape index (κ1) is 13.1. The van der Waals surface area contributed by atoms with Gasteiger partial charge in [0.25, 0.3) is 0 Å². The number of halogens is 1. The van der Waals surface area contributed by atoms with Crippen molar-refractivity contribution in [1.29, 1.82) is 5.26 Å². The molecule has 1 aromatic carbocycles. The molecule has 1 aromatic heterocycles. The molecule has 19 heavy (non-hydrogen) atoms. The van der Waals surface area contributed by atoms with E-state index in [-0.39, 0.29) is 5.28 Å². The summed E-state index contributed by atoms with van der Waals surface area (Å²) in [7, 11) is 3.49. The van der Waals surface area contributed by atoms with Gasteiger partial charge in [0.2, 0.25) is 17.2 Å². The van der Waals surface area contributed by atoms with Gasteiger partial charge in [-0.3, -0.25) is 0 Å². The number of hydrogen-bond acceptors (Lipinski definition) is 6. The largest absolute Gasteiger partial charge is 0.357 e. The minimum Gasteiger partial charge on any atom is -0.357 e. The molecule has 96 valence electrons. The number of nitrogens with one attached hydrogen (secondary N) is 1. The Morgan fingerprint density at radius 3 is 2.79 bits per heavy atom. The summed E-state index contributed by atoms with van der Waals surface area (Å²) in [6, 6.07) is 9.23. The third-order valence-electron chi connectivity index (χ3n) is 2.48. The number of nitriles is 1. The molecule has 1 N–H and O–H groups in total. The molecule has 0 aliphatic carbocycles. The summed E-state index contributed by atoms with van der Waals surface area (Å²) in [6.45, 7) is 0. The highest BCUT2D eigenvalue weighted by molar-refractivity contribution is 6.28. The van der Waals surface area contributed by atoms with Crippen LogP contribution in [-0.2, 0) is 0 Å². The van der Waals surface area contributed by atoms with Gasteiger partial charge in [-0.05, 0) is 29.8 Å². The van der Waals surface area contributed by atoms with E-state index < -0.39 is 0 Å². The van der Waals surface area contributed by atoms with Crippen molar-refractivity contribution in [1.82, 2.24) is 15.0 Å². The maximum atomic E-state index is 8.90. The molecule has 0 unspecified atom stereocenters. The predicted molar refractivity (Wildman–Crippen MR) is 73.6 cm³/mol. The monoisotopic (exact) mass is 274 g/mol. The van der Waals surface area contributed by atoms with Crippen molar-refractivity contribution in [2.45, 2.75) is 0 Å². The van der Waals surface area contributed by atoms with E-state index in [1.807, 2.05) is 6.07 Å². The molecule has 0 bridgehead atoms. The zero-order valence-electron chi connectivity index (χ0n) is 10.4. The lowest BCUT2D eigenvalue weighted by Gasteiger charge is -2.17. The Hall–Kier alpha value is -2.39. The Balaban J connectivity index is 2.40. The summed E-state index contributed by atoms with van der Waals surface area (Å²) < 4.78 is 0. The van der Waals surface area contributed by atoms with Crippen LogP contribution in [0.2, 0.25) is 5.28 Å². The van der Waals surface area contributed by atoms with Crippen LogP contribution in [0.3, 0.4) is 0 Å². The topological polar surface area (TPSA) is 77.7 Å². The lowest BCUT2D eigenvalue weighted by Crippen LogP contribution is -2.15. The molecule has 6 nitrogen and oxygen atoms in total. The number of aromatic nitrogens is 3. The predicted octanol–water partition coefficient (Wildman–Crippen LogP) is 2.21. The quantitative estimate of drug-likeness (QED) is 0.924. The van der Waals surface area contributed by atoms with Crippen LogP contribution in [0.15, 0.2) is 24.3 Å². The van der Waals surface area contributed by atoms with Gasteiger partial charge in [-0.2, -0.15) is 20.2 Å². The molecule has 0 aliphatic rings. The fraction of sp³-hybridized carbons (Fsp3) is 0.167. The Bertz CT molecular complexity index is 636. The molecule has 7 heteroatoms. The maximum Gasteiger partial charge on any atom is 0.235 e. The summed E-state index contributed by atoms with van der Waals surface area (Å²) >= 11 is 5.84. The fourth-order valence-electron chi connectivity index (χ4n) is 1.50. The zero-order valence-corrected chi connectivity index (χ0v) is 11.2. The van der Waals surface area contributed by atoms with Crippen LogP contribution in [0.4, 0.5) is 17.6 Å². The molecule has 1 heterocycles. The van der Waals surface area contributed by atoms with Crippen molar-refractivity contribution in [3.05, 3.63) is 35.1 Å². The van der Waals surface area contributed by atoms with Crippen molar-refractivity contribution >= 4 is 29.2 Å². The standard InChI is InChI=1S/C12H11ClN6/c1-15-11-16-10(13)17-12(18-11)19(2)9-5-3-4-8(6-9)7-14/h3-6H,1-2H3,(H,15,16,17,18). The second-order valence-electron chi connectivity index (χ2n) is 3.70. The van der Waals surface area contributed by atoms with E-state index in [1.54, 1.807) is 37.2 Å². The van der Waals surface area contributed by atoms with Gasteiger partial charge in [-0.15, -0.1) is 0 Å². The zero-order chi connectivity index (χ0) is 13.8. The highest BCUT2D eigenvalue weighted by Crippen LogP contribution is 2.22. The molecular formula is C12H11ClN6. The number of hydrogen-bond donors (Lipinski definition) is 1. The summed E-state index contributed by atoms with van der Waals surface area (Å²) in [6.07, 6.45) is 0. The summed E-state index contributed by atoms with van der Waals surface area (Å²) in [5.74, 6) is 0.790. The summed E-state index contributed by atoms with van der Waals surface area (Å²) in [5, 5.41) is 11.8. The van der Waals surface area contributed by atoms with Crippen LogP contribution in [0.25, 0.3) is 0 Å². The highest BCUT2D eigenvalue weighted by Gasteiger charge is 2.11. The molecule has 2 aromatic rings. The van der Waals surface area contributed by atoms with Crippen LogP contribution in [-0.4, -0.2) is 29.0 Å². The number of benzene rings is 1. The second-order valence-corrected chi connectivity index (χ2v) is 4.04. The lowest BCUT2D eigenvalue weighted by molar-refractivity contribution is 0.987. The first-order chi connectivity index (χ1) is 9.13. The summed E-state index contributed by atoms with van der Waals surface area (Å²) in [4.78, 5) is 13.9. The van der Waals surface area contributed by atoms with Crippen LogP contribution in [0.5, 0.6) is 0 Å².